The van der Waals surface area contributed by atoms with Crippen molar-refractivity contribution in [3.8, 4) is 0 Å². The van der Waals surface area contributed by atoms with Gasteiger partial charge in [0.1, 0.15) is 5.82 Å². The van der Waals surface area contributed by atoms with Crippen LogP contribution in [0, 0.1) is 0 Å². The van der Waals surface area contributed by atoms with Crippen molar-refractivity contribution in [2.24, 2.45) is 0 Å². The zero-order valence-electron chi connectivity index (χ0n) is 14.4. The Kier molecular flexibility index (Phi) is 5.48. The Morgan fingerprint density at radius 1 is 1.23 bits per heavy atom. The van der Waals surface area contributed by atoms with E-state index < -0.39 is 9.84 Å². The van der Waals surface area contributed by atoms with E-state index in [0.717, 1.165) is 25.2 Å². The highest BCUT2D eigenvalue weighted by molar-refractivity contribution is 7.90. The second kappa shape index (κ2) is 7.63. The van der Waals surface area contributed by atoms with E-state index >= 15 is 0 Å². The third-order valence-corrected chi connectivity index (χ3v) is 5.79. The number of pyridine rings is 1. The van der Waals surface area contributed by atoms with Crippen molar-refractivity contribution in [3.05, 3.63) is 52.7 Å². The standard InChI is InChI=1S/C18H20ClN3O3S/c1-26(24,25)15-6-4-13(16(19)10-15)11-21-18(23)14-5-7-17(20-12-14)22-8-2-3-9-22/h4-7,10,12H,2-3,8-9,11H2,1H3,(H,21,23). The van der Waals surface area contributed by atoms with E-state index in [1.54, 1.807) is 18.3 Å². The van der Waals surface area contributed by atoms with E-state index in [1.165, 1.54) is 25.0 Å². The molecule has 1 aromatic carbocycles. The number of nitrogens with zero attached hydrogens (tertiary/aromatic N) is 2. The maximum atomic E-state index is 12.3. The van der Waals surface area contributed by atoms with Crippen LogP contribution in [0.1, 0.15) is 28.8 Å². The number of sulfone groups is 1. The minimum atomic E-state index is -3.31. The number of carbonyl (C=O) groups is 1. The third kappa shape index (κ3) is 4.34. The minimum Gasteiger partial charge on any atom is -0.357 e. The van der Waals surface area contributed by atoms with Gasteiger partial charge < -0.3 is 10.2 Å². The van der Waals surface area contributed by atoms with E-state index in [9.17, 15) is 13.2 Å². The average molecular weight is 394 g/mol. The summed E-state index contributed by atoms with van der Waals surface area (Å²) >= 11 is 6.12. The van der Waals surface area contributed by atoms with E-state index in [0.29, 0.717) is 16.1 Å². The van der Waals surface area contributed by atoms with Crippen LogP contribution in [-0.2, 0) is 16.4 Å². The van der Waals surface area contributed by atoms with Crippen LogP contribution in [0.5, 0.6) is 0 Å². The number of benzene rings is 1. The zero-order valence-corrected chi connectivity index (χ0v) is 16.0. The predicted octanol–water partition coefficient (Wildman–Crippen LogP) is 2.67. The molecule has 0 bridgehead atoms. The molecule has 0 unspecified atom stereocenters. The Morgan fingerprint density at radius 3 is 2.54 bits per heavy atom. The first-order valence-corrected chi connectivity index (χ1v) is 10.6. The molecular formula is C18H20ClN3O3S. The number of rotatable bonds is 5. The lowest BCUT2D eigenvalue weighted by atomic mass is 10.2. The van der Waals surface area contributed by atoms with Gasteiger partial charge in [0, 0.05) is 37.1 Å². The molecule has 6 nitrogen and oxygen atoms in total. The predicted molar refractivity (Wildman–Crippen MR) is 101 cm³/mol. The first-order valence-electron chi connectivity index (χ1n) is 8.32. The molecule has 1 aromatic heterocycles. The topological polar surface area (TPSA) is 79.4 Å². The highest BCUT2D eigenvalue weighted by Gasteiger charge is 2.15. The molecule has 0 atom stereocenters. The molecule has 1 aliphatic rings. The number of aromatic nitrogens is 1. The Morgan fingerprint density at radius 2 is 1.96 bits per heavy atom. The molecule has 1 amide bonds. The second-order valence-electron chi connectivity index (χ2n) is 6.31. The van der Waals surface area contributed by atoms with Crippen LogP contribution in [0.4, 0.5) is 5.82 Å². The molecule has 0 saturated carbocycles. The monoisotopic (exact) mass is 393 g/mol. The highest BCUT2D eigenvalue weighted by atomic mass is 35.5. The first kappa shape index (κ1) is 18.7. The summed E-state index contributed by atoms with van der Waals surface area (Å²) in [6.07, 6.45) is 5.03. The number of amides is 1. The van der Waals surface area contributed by atoms with Crippen molar-refractivity contribution in [2.45, 2.75) is 24.3 Å². The summed E-state index contributed by atoms with van der Waals surface area (Å²) in [6, 6.07) is 8.09. The molecule has 2 aromatic rings. The number of hydrogen-bond donors (Lipinski definition) is 1. The Labute approximate surface area is 158 Å². The first-order chi connectivity index (χ1) is 12.3. The Balaban J connectivity index is 1.63. The smallest absolute Gasteiger partial charge is 0.253 e. The summed E-state index contributed by atoms with van der Waals surface area (Å²) in [4.78, 5) is 19.0. The molecule has 1 saturated heterocycles. The molecule has 1 aliphatic heterocycles. The fourth-order valence-electron chi connectivity index (χ4n) is 2.83. The van der Waals surface area contributed by atoms with Gasteiger partial charge in [-0.15, -0.1) is 0 Å². The molecule has 1 N–H and O–H groups in total. The fourth-order valence-corrected chi connectivity index (χ4v) is 3.79. The number of halogens is 1. The van der Waals surface area contributed by atoms with E-state index in [4.69, 9.17) is 11.6 Å². The van der Waals surface area contributed by atoms with Crippen LogP contribution < -0.4 is 10.2 Å². The van der Waals surface area contributed by atoms with Crippen molar-refractivity contribution in [1.29, 1.82) is 0 Å². The zero-order chi connectivity index (χ0) is 18.7. The van der Waals surface area contributed by atoms with Gasteiger partial charge in [0.25, 0.3) is 5.91 Å². The lowest BCUT2D eigenvalue weighted by Crippen LogP contribution is -2.24. The van der Waals surface area contributed by atoms with E-state index in [1.807, 2.05) is 6.07 Å². The number of nitrogens with one attached hydrogen (secondary N) is 1. The van der Waals surface area contributed by atoms with Crippen LogP contribution >= 0.6 is 11.6 Å². The van der Waals surface area contributed by atoms with Gasteiger partial charge in [0.2, 0.25) is 0 Å². The molecular weight excluding hydrogens is 374 g/mol. The molecule has 1 fully saturated rings. The Bertz CT molecular complexity index is 908. The maximum absolute atomic E-state index is 12.3. The second-order valence-corrected chi connectivity index (χ2v) is 8.73. The summed E-state index contributed by atoms with van der Waals surface area (Å²) in [6.45, 7) is 2.20. The average Bonchev–Trinajstić information content (AvgIpc) is 3.14. The van der Waals surface area contributed by atoms with Crippen molar-refractivity contribution < 1.29 is 13.2 Å². The van der Waals surface area contributed by atoms with E-state index in [2.05, 4.69) is 15.2 Å². The van der Waals surface area contributed by atoms with Crippen molar-refractivity contribution in [2.75, 3.05) is 24.2 Å². The molecule has 138 valence electrons. The number of anilines is 1. The van der Waals surface area contributed by atoms with Crippen LogP contribution in [-0.4, -0.2) is 38.7 Å². The largest absolute Gasteiger partial charge is 0.357 e. The lowest BCUT2D eigenvalue weighted by Gasteiger charge is -2.16. The van der Waals surface area contributed by atoms with Crippen molar-refractivity contribution >= 4 is 33.2 Å². The van der Waals surface area contributed by atoms with E-state index in [-0.39, 0.29) is 17.3 Å². The number of carbonyl (C=O) groups excluding carboxylic acids is 1. The van der Waals surface area contributed by atoms with Gasteiger partial charge in [-0.05, 0) is 42.7 Å². The van der Waals surface area contributed by atoms with Gasteiger partial charge in [-0.2, -0.15) is 0 Å². The molecule has 3 rings (SSSR count). The van der Waals surface area contributed by atoms with Crippen molar-refractivity contribution in [1.82, 2.24) is 10.3 Å². The van der Waals surface area contributed by atoms with Crippen molar-refractivity contribution in [3.63, 3.8) is 0 Å². The maximum Gasteiger partial charge on any atom is 0.253 e. The summed E-state index contributed by atoms with van der Waals surface area (Å²) in [5, 5.41) is 3.08. The van der Waals surface area contributed by atoms with Gasteiger partial charge in [-0.3, -0.25) is 4.79 Å². The third-order valence-electron chi connectivity index (χ3n) is 4.33. The summed E-state index contributed by atoms with van der Waals surface area (Å²) in [5.41, 5.74) is 1.12. The van der Waals surface area contributed by atoms with Gasteiger partial charge in [0.15, 0.2) is 9.84 Å². The molecule has 26 heavy (non-hydrogen) atoms. The van der Waals surface area contributed by atoms with Crippen LogP contribution in [0.2, 0.25) is 5.02 Å². The summed E-state index contributed by atoms with van der Waals surface area (Å²) < 4.78 is 23.1. The molecule has 0 aliphatic carbocycles. The molecule has 0 radical (unpaired) electrons. The number of hydrogen-bond acceptors (Lipinski definition) is 5. The van der Waals surface area contributed by atoms with Crippen LogP contribution in [0.3, 0.4) is 0 Å². The normalized spacial score (nSPS) is 14.5. The van der Waals surface area contributed by atoms with Gasteiger partial charge in [-0.25, -0.2) is 13.4 Å². The quantitative estimate of drug-likeness (QED) is 0.844. The van der Waals surface area contributed by atoms with Gasteiger partial charge in [0.05, 0.1) is 10.5 Å². The fraction of sp³-hybridized carbons (Fsp3) is 0.333. The SMILES string of the molecule is CS(=O)(=O)c1ccc(CNC(=O)c2ccc(N3CCCC3)nc2)c(Cl)c1. The summed E-state index contributed by atoms with van der Waals surface area (Å²) in [5.74, 6) is 0.632. The highest BCUT2D eigenvalue weighted by Crippen LogP contribution is 2.21. The van der Waals surface area contributed by atoms with Crippen LogP contribution in [0.25, 0.3) is 0 Å². The molecule has 0 spiro atoms. The van der Waals surface area contributed by atoms with Crippen LogP contribution in [0.15, 0.2) is 41.4 Å². The summed E-state index contributed by atoms with van der Waals surface area (Å²) in [7, 11) is -3.31. The van der Waals surface area contributed by atoms with Gasteiger partial charge in [-0.1, -0.05) is 17.7 Å². The molecule has 2 heterocycles. The Hall–Kier alpha value is -2.12. The lowest BCUT2D eigenvalue weighted by molar-refractivity contribution is 0.0950. The minimum absolute atomic E-state index is 0.152. The molecule has 8 heteroatoms. The van der Waals surface area contributed by atoms with Gasteiger partial charge >= 0.3 is 0 Å².